The Hall–Kier alpha value is -3.16. The summed E-state index contributed by atoms with van der Waals surface area (Å²) in [6, 6.07) is 6.84. The normalized spacial score (nSPS) is 11.1. The highest BCUT2D eigenvalue weighted by atomic mass is 19.1. The molecule has 2 aromatic rings. The number of carbonyl (C=O) groups is 3. The third-order valence-electron chi connectivity index (χ3n) is 4.13. The fraction of sp³-hybridized carbons (Fsp3) is 0.381. The Kier molecular flexibility index (Phi) is 6.79. The van der Waals surface area contributed by atoms with Gasteiger partial charge in [-0.25, -0.2) is 9.18 Å². The van der Waals surface area contributed by atoms with Crippen LogP contribution in [0, 0.1) is 19.7 Å². The quantitative estimate of drug-likeness (QED) is 0.745. The first kappa shape index (κ1) is 22.1. The van der Waals surface area contributed by atoms with Crippen LogP contribution < -0.4 is 5.32 Å². The molecule has 2 amide bonds. The molecule has 0 radical (unpaired) electrons. The molecule has 0 atom stereocenters. The van der Waals surface area contributed by atoms with Crippen molar-refractivity contribution in [1.29, 1.82) is 0 Å². The van der Waals surface area contributed by atoms with Crippen molar-refractivity contribution in [2.24, 2.45) is 0 Å². The van der Waals surface area contributed by atoms with Gasteiger partial charge in [-0.1, -0.05) is 0 Å². The van der Waals surface area contributed by atoms with Crippen LogP contribution in [0.15, 0.2) is 34.7 Å². The third kappa shape index (κ3) is 6.17. The van der Waals surface area contributed by atoms with Gasteiger partial charge in [-0.3, -0.25) is 9.59 Å². The zero-order chi connectivity index (χ0) is 21.8. The van der Waals surface area contributed by atoms with Crippen molar-refractivity contribution in [2.45, 2.75) is 40.2 Å². The third-order valence-corrected chi connectivity index (χ3v) is 4.13. The minimum atomic E-state index is -0.689. The van der Waals surface area contributed by atoms with Crippen LogP contribution in [0.3, 0.4) is 0 Å². The van der Waals surface area contributed by atoms with Gasteiger partial charge < -0.3 is 19.4 Å². The Labute approximate surface area is 168 Å². The highest BCUT2D eigenvalue weighted by Gasteiger charge is 2.29. The van der Waals surface area contributed by atoms with E-state index in [2.05, 4.69) is 5.32 Å². The summed E-state index contributed by atoms with van der Waals surface area (Å²) in [7, 11) is 0. The first-order valence-corrected chi connectivity index (χ1v) is 9.07. The lowest BCUT2D eigenvalue weighted by atomic mass is 10.1. The molecule has 2 rings (SSSR count). The van der Waals surface area contributed by atoms with Gasteiger partial charge >= 0.3 is 5.97 Å². The molecule has 0 fully saturated rings. The maximum absolute atomic E-state index is 13.0. The number of benzene rings is 1. The van der Waals surface area contributed by atoms with Crippen LogP contribution in [0.25, 0.3) is 0 Å². The number of hydrogen-bond donors (Lipinski definition) is 1. The Morgan fingerprint density at radius 2 is 1.76 bits per heavy atom. The fourth-order valence-electron chi connectivity index (χ4n) is 2.69. The number of nitrogens with one attached hydrogen (secondary N) is 1. The maximum atomic E-state index is 13.0. The van der Waals surface area contributed by atoms with Crippen LogP contribution in [0.5, 0.6) is 0 Å². The molecule has 0 saturated carbocycles. The Bertz CT molecular complexity index is 897. The van der Waals surface area contributed by atoms with Crippen molar-refractivity contribution < 1.29 is 27.9 Å². The molecule has 1 aromatic heterocycles. The predicted octanol–water partition coefficient (Wildman–Crippen LogP) is 3.46. The lowest BCUT2D eigenvalue weighted by Gasteiger charge is -2.35. The van der Waals surface area contributed by atoms with Gasteiger partial charge in [0.15, 0.2) is 6.61 Å². The van der Waals surface area contributed by atoms with Crippen molar-refractivity contribution in [2.75, 3.05) is 18.5 Å². The number of aryl methyl sites for hydroxylation is 2. The molecule has 1 heterocycles. The number of furan rings is 1. The summed E-state index contributed by atoms with van der Waals surface area (Å²) >= 11 is 0. The van der Waals surface area contributed by atoms with Crippen LogP contribution in [-0.2, 0) is 14.3 Å². The molecule has 8 heteroatoms. The van der Waals surface area contributed by atoms with Gasteiger partial charge in [0, 0.05) is 11.2 Å². The van der Waals surface area contributed by atoms with Crippen molar-refractivity contribution in [3.05, 3.63) is 53.2 Å². The van der Waals surface area contributed by atoms with E-state index in [9.17, 15) is 18.8 Å². The van der Waals surface area contributed by atoms with Crippen molar-refractivity contribution in [3.8, 4) is 0 Å². The minimum Gasteiger partial charge on any atom is -0.466 e. The second kappa shape index (κ2) is 8.89. The first-order valence-electron chi connectivity index (χ1n) is 9.07. The molecular formula is C21H25FN2O5. The largest absolute Gasteiger partial charge is 0.466 e. The predicted molar refractivity (Wildman–Crippen MR) is 105 cm³/mol. The van der Waals surface area contributed by atoms with E-state index < -0.39 is 35.7 Å². The fourth-order valence-corrected chi connectivity index (χ4v) is 2.69. The lowest BCUT2D eigenvalue weighted by Crippen LogP contribution is -2.50. The molecule has 0 aliphatic heterocycles. The number of halogens is 1. The zero-order valence-electron chi connectivity index (χ0n) is 17.2. The van der Waals surface area contributed by atoms with E-state index in [-0.39, 0.29) is 12.1 Å². The van der Waals surface area contributed by atoms with Crippen LogP contribution in [0.2, 0.25) is 0 Å². The molecule has 0 spiro atoms. The van der Waals surface area contributed by atoms with E-state index in [1.807, 2.05) is 0 Å². The number of hydrogen-bond acceptors (Lipinski definition) is 5. The van der Waals surface area contributed by atoms with E-state index in [0.29, 0.717) is 17.2 Å². The number of rotatable bonds is 6. The van der Waals surface area contributed by atoms with Crippen LogP contribution in [-0.4, -0.2) is 41.4 Å². The van der Waals surface area contributed by atoms with Gasteiger partial charge in [0.2, 0.25) is 5.91 Å². The number of esters is 1. The second-order valence-corrected chi connectivity index (χ2v) is 7.61. The Balaban J connectivity index is 2.00. The maximum Gasteiger partial charge on any atom is 0.342 e. The Morgan fingerprint density at radius 3 is 2.28 bits per heavy atom. The van der Waals surface area contributed by atoms with Gasteiger partial charge in [-0.2, -0.15) is 0 Å². The number of anilines is 1. The average molecular weight is 404 g/mol. The summed E-state index contributed by atoms with van der Waals surface area (Å²) in [5.74, 6) is -1.08. The lowest BCUT2D eigenvalue weighted by molar-refractivity contribution is -0.142. The topological polar surface area (TPSA) is 88.9 Å². The molecule has 0 saturated heterocycles. The van der Waals surface area contributed by atoms with Crippen LogP contribution >= 0.6 is 0 Å². The van der Waals surface area contributed by atoms with Gasteiger partial charge in [0.25, 0.3) is 5.91 Å². The summed E-state index contributed by atoms with van der Waals surface area (Å²) in [6.45, 7) is 7.87. The average Bonchev–Trinajstić information content (AvgIpc) is 2.96. The molecule has 0 aliphatic carbocycles. The standard InChI is InChI=1S/C21H25FN2O5/c1-13-10-17(14(2)29-13)20(27)28-12-19(26)24(21(3,4)5)11-18(25)23-16-8-6-15(22)7-9-16/h6-10H,11-12H2,1-5H3,(H,23,25). The highest BCUT2D eigenvalue weighted by Crippen LogP contribution is 2.17. The molecule has 1 N–H and O–H groups in total. The summed E-state index contributed by atoms with van der Waals surface area (Å²) in [6.07, 6.45) is 0. The van der Waals surface area contributed by atoms with E-state index >= 15 is 0 Å². The Morgan fingerprint density at radius 1 is 1.14 bits per heavy atom. The smallest absolute Gasteiger partial charge is 0.342 e. The van der Waals surface area contributed by atoms with Crippen molar-refractivity contribution in [1.82, 2.24) is 4.90 Å². The number of ether oxygens (including phenoxy) is 1. The van der Waals surface area contributed by atoms with Crippen molar-refractivity contribution >= 4 is 23.5 Å². The molecule has 29 heavy (non-hydrogen) atoms. The molecule has 156 valence electrons. The van der Waals surface area contributed by atoms with E-state index in [4.69, 9.17) is 9.15 Å². The summed E-state index contributed by atoms with van der Waals surface area (Å²) in [5, 5.41) is 2.61. The summed E-state index contributed by atoms with van der Waals surface area (Å²) in [5.41, 5.74) is -0.0206. The van der Waals surface area contributed by atoms with Gasteiger partial charge in [0.05, 0.1) is 0 Å². The first-order chi connectivity index (χ1) is 13.5. The summed E-state index contributed by atoms with van der Waals surface area (Å²) in [4.78, 5) is 38.5. The molecule has 0 bridgehead atoms. The van der Waals surface area contributed by atoms with Crippen molar-refractivity contribution in [3.63, 3.8) is 0 Å². The molecular weight excluding hydrogens is 379 g/mol. The van der Waals surface area contributed by atoms with Gasteiger partial charge in [0.1, 0.15) is 29.4 Å². The highest BCUT2D eigenvalue weighted by molar-refractivity contribution is 5.96. The van der Waals surface area contributed by atoms with E-state index in [1.165, 1.54) is 29.2 Å². The number of nitrogens with zero attached hydrogens (tertiary/aromatic N) is 1. The minimum absolute atomic E-state index is 0.249. The monoisotopic (exact) mass is 404 g/mol. The molecule has 0 aliphatic rings. The number of carbonyl (C=O) groups excluding carboxylic acids is 3. The molecule has 1 aromatic carbocycles. The van der Waals surface area contributed by atoms with E-state index in [0.717, 1.165) is 0 Å². The van der Waals surface area contributed by atoms with Gasteiger partial charge in [-0.05, 0) is 65.0 Å². The van der Waals surface area contributed by atoms with Crippen LogP contribution in [0.1, 0.15) is 42.6 Å². The second-order valence-electron chi connectivity index (χ2n) is 7.61. The van der Waals surface area contributed by atoms with Gasteiger partial charge in [-0.15, -0.1) is 0 Å². The SMILES string of the molecule is Cc1cc(C(=O)OCC(=O)N(CC(=O)Nc2ccc(F)cc2)C(C)(C)C)c(C)o1. The van der Waals surface area contributed by atoms with Crippen LogP contribution in [0.4, 0.5) is 10.1 Å². The number of amides is 2. The molecule has 0 unspecified atom stereocenters. The van der Waals surface area contributed by atoms with E-state index in [1.54, 1.807) is 40.7 Å². The zero-order valence-corrected chi connectivity index (χ0v) is 17.2. The molecule has 7 nitrogen and oxygen atoms in total. The summed E-state index contributed by atoms with van der Waals surface area (Å²) < 4.78 is 23.4.